The van der Waals surface area contributed by atoms with Gasteiger partial charge in [0, 0.05) is 12.1 Å². The van der Waals surface area contributed by atoms with E-state index in [-0.39, 0.29) is 0 Å². The third-order valence-electron chi connectivity index (χ3n) is 3.36. The average molecular weight is 123 g/mol. The van der Waals surface area contributed by atoms with Crippen LogP contribution in [-0.2, 0) is 0 Å². The van der Waals surface area contributed by atoms with Crippen LogP contribution in [0.1, 0.15) is 32.1 Å². The summed E-state index contributed by atoms with van der Waals surface area (Å²) in [6.45, 7) is 0. The van der Waals surface area contributed by atoms with Gasteiger partial charge in [0.15, 0.2) is 0 Å². The van der Waals surface area contributed by atoms with Gasteiger partial charge in [-0.05, 0) is 37.5 Å². The van der Waals surface area contributed by atoms with Crippen molar-refractivity contribution < 1.29 is 0 Å². The van der Waals surface area contributed by atoms with Gasteiger partial charge in [-0.2, -0.15) is 0 Å². The summed E-state index contributed by atoms with van der Waals surface area (Å²) in [4.78, 5) is 0. The minimum absolute atomic E-state index is 0.888. The summed E-state index contributed by atoms with van der Waals surface area (Å²) in [5.41, 5.74) is 0.888. The Morgan fingerprint density at radius 1 is 1.11 bits per heavy atom. The van der Waals surface area contributed by atoms with E-state index in [1.54, 1.807) is 12.8 Å². The SMILES string of the molecule is C1C2CC3(CC3)CC1N2. The highest BCUT2D eigenvalue weighted by atomic mass is 15.1. The first-order valence-corrected chi connectivity index (χ1v) is 4.12. The van der Waals surface area contributed by atoms with E-state index in [1.165, 1.54) is 19.3 Å². The minimum atomic E-state index is 0.888. The Kier molecular flexibility index (Phi) is 0.628. The molecule has 0 aromatic heterocycles. The van der Waals surface area contributed by atoms with Crippen LogP contribution in [0.2, 0.25) is 0 Å². The lowest BCUT2D eigenvalue weighted by atomic mass is 9.74. The molecule has 2 bridgehead atoms. The predicted molar refractivity (Wildman–Crippen MR) is 36.2 cm³/mol. The van der Waals surface area contributed by atoms with Crippen molar-refractivity contribution in [2.75, 3.05) is 0 Å². The van der Waals surface area contributed by atoms with Gasteiger partial charge in [-0.15, -0.1) is 0 Å². The zero-order chi connectivity index (χ0) is 5.90. The van der Waals surface area contributed by atoms with Gasteiger partial charge >= 0.3 is 0 Å². The first kappa shape index (κ1) is 4.73. The third kappa shape index (κ3) is 0.536. The molecule has 1 spiro atoms. The first-order chi connectivity index (χ1) is 4.36. The highest BCUT2D eigenvalue weighted by Gasteiger charge is 2.53. The molecule has 2 aliphatic heterocycles. The first-order valence-electron chi connectivity index (χ1n) is 4.12. The van der Waals surface area contributed by atoms with Crippen molar-refractivity contribution in [2.45, 2.75) is 44.2 Å². The molecular weight excluding hydrogens is 110 g/mol. The van der Waals surface area contributed by atoms with Crippen LogP contribution in [0.3, 0.4) is 0 Å². The van der Waals surface area contributed by atoms with Gasteiger partial charge in [0.1, 0.15) is 0 Å². The van der Waals surface area contributed by atoms with Crippen LogP contribution in [0.15, 0.2) is 0 Å². The van der Waals surface area contributed by atoms with E-state index in [4.69, 9.17) is 0 Å². The number of hydrogen-bond acceptors (Lipinski definition) is 1. The molecule has 0 amide bonds. The average Bonchev–Trinajstić information content (AvgIpc) is 2.47. The molecule has 0 aromatic rings. The Morgan fingerprint density at radius 3 is 2.00 bits per heavy atom. The van der Waals surface area contributed by atoms with E-state index in [2.05, 4.69) is 5.32 Å². The zero-order valence-corrected chi connectivity index (χ0v) is 5.69. The smallest absolute Gasteiger partial charge is 0.00897 e. The van der Waals surface area contributed by atoms with E-state index >= 15 is 0 Å². The topological polar surface area (TPSA) is 12.0 Å². The molecule has 0 aromatic carbocycles. The summed E-state index contributed by atoms with van der Waals surface area (Å²) >= 11 is 0. The molecule has 2 saturated carbocycles. The van der Waals surface area contributed by atoms with Gasteiger partial charge in [0.05, 0.1) is 0 Å². The zero-order valence-electron chi connectivity index (χ0n) is 5.69. The third-order valence-corrected chi connectivity index (χ3v) is 3.36. The van der Waals surface area contributed by atoms with Gasteiger partial charge in [-0.25, -0.2) is 0 Å². The molecule has 2 saturated heterocycles. The predicted octanol–water partition coefficient (Wildman–Crippen LogP) is 1.29. The van der Waals surface area contributed by atoms with Crippen LogP contribution in [0.4, 0.5) is 0 Å². The van der Waals surface area contributed by atoms with Crippen molar-refractivity contribution in [3.05, 3.63) is 0 Å². The molecule has 4 rings (SSSR count). The Bertz CT molecular complexity index is 131. The lowest BCUT2D eigenvalue weighted by molar-refractivity contribution is 0.115. The molecule has 2 atom stereocenters. The van der Waals surface area contributed by atoms with Crippen molar-refractivity contribution in [1.29, 1.82) is 0 Å². The van der Waals surface area contributed by atoms with Crippen LogP contribution < -0.4 is 5.32 Å². The number of piperidine rings is 1. The summed E-state index contributed by atoms with van der Waals surface area (Å²) in [6.07, 6.45) is 7.58. The maximum atomic E-state index is 3.57. The monoisotopic (exact) mass is 123 g/mol. The van der Waals surface area contributed by atoms with Crippen molar-refractivity contribution in [3.63, 3.8) is 0 Å². The Hall–Kier alpha value is -0.0400. The van der Waals surface area contributed by atoms with Gasteiger partial charge in [0.25, 0.3) is 0 Å². The fraction of sp³-hybridized carbons (Fsp3) is 1.00. The van der Waals surface area contributed by atoms with E-state index in [1.807, 2.05) is 0 Å². The quantitative estimate of drug-likeness (QED) is 0.512. The number of rotatable bonds is 0. The number of nitrogens with one attached hydrogen (secondary N) is 1. The standard InChI is InChI=1S/C8H13N/c1-2-8(1)4-6-3-7(5-8)9-6/h6-7,9H,1-5H2. The summed E-state index contributed by atoms with van der Waals surface area (Å²) < 4.78 is 0. The van der Waals surface area contributed by atoms with Crippen molar-refractivity contribution in [2.24, 2.45) is 5.41 Å². The van der Waals surface area contributed by atoms with E-state index in [9.17, 15) is 0 Å². The van der Waals surface area contributed by atoms with Crippen LogP contribution in [0.25, 0.3) is 0 Å². The van der Waals surface area contributed by atoms with Crippen LogP contribution in [0.5, 0.6) is 0 Å². The largest absolute Gasteiger partial charge is 0.311 e. The molecule has 1 N–H and O–H groups in total. The van der Waals surface area contributed by atoms with Gasteiger partial charge < -0.3 is 5.32 Å². The van der Waals surface area contributed by atoms with Gasteiger partial charge in [-0.3, -0.25) is 0 Å². The lowest BCUT2D eigenvalue weighted by Crippen LogP contribution is -2.58. The van der Waals surface area contributed by atoms with Gasteiger partial charge in [0.2, 0.25) is 0 Å². The Morgan fingerprint density at radius 2 is 1.67 bits per heavy atom. The molecule has 1 heteroatoms. The highest BCUT2D eigenvalue weighted by molar-refractivity contribution is 5.09. The fourth-order valence-corrected chi connectivity index (χ4v) is 2.65. The maximum Gasteiger partial charge on any atom is 0.00897 e. The molecule has 1 nitrogen and oxygen atoms in total. The number of hydrogen-bond donors (Lipinski definition) is 1. The molecule has 2 aliphatic carbocycles. The van der Waals surface area contributed by atoms with Crippen molar-refractivity contribution >= 4 is 0 Å². The molecule has 4 aliphatic rings. The second-order valence-corrected chi connectivity index (χ2v) is 4.20. The van der Waals surface area contributed by atoms with E-state index in [0.29, 0.717) is 0 Å². The molecule has 4 fully saturated rings. The maximum absolute atomic E-state index is 3.57. The van der Waals surface area contributed by atoms with Crippen LogP contribution in [-0.4, -0.2) is 12.1 Å². The van der Waals surface area contributed by atoms with Crippen molar-refractivity contribution in [3.8, 4) is 0 Å². The summed E-state index contributed by atoms with van der Waals surface area (Å²) in [5.74, 6) is 0. The van der Waals surface area contributed by atoms with Crippen LogP contribution >= 0.6 is 0 Å². The Balaban J connectivity index is 1.83. The lowest BCUT2D eigenvalue weighted by Gasteiger charge is -2.47. The second-order valence-electron chi connectivity index (χ2n) is 4.20. The molecule has 2 heterocycles. The molecule has 9 heavy (non-hydrogen) atoms. The summed E-state index contributed by atoms with van der Waals surface area (Å²) in [5, 5.41) is 3.57. The van der Waals surface area contributed by atoms with Crippen LogP contribution in [0, 0.1) is 5.41 Å². The molecular formula is C8H13N. The Labute approximate surface area is 55.8 Å². The van der Waals surface area contributed by atoms with E-state index in [0.717, 1.165) is 17.5 Å². The molecule has 0 radical (unpaired) electrons. The van der Waals surface area contributed by atoms with Crippen molar-refractivity contribution in [1.82, 2.24) is 5.32 Å². The molecule has 2 unspecified atom stereocenters. The van der Waals surface area contributed by atoms with E-state index < -0.39 is 0 Å². The highest BCUT2D eigenvalue weighted by Crippen LogP contribution is 2.58. The molecule has 50 valence electrons. The fourth-order valence-electron chi connectivity index (χ4n) is 2.65. The minimum Gasteiger partial charge on any atom is -0.311 e. The van der Waals surface area contributed by atoms with Gasteiger partial charge in [-0.1, -0.05) is 0 Å². The second kappa shape index (κ2) is 1.20. The normalized spacial score (nSPS) is 50.7. The summed E-state index contributed by atoms with van der Waals surface area (Å²) in [6, 6.07) is 1.87. The summed E-state index contributed by atoms with van der Waals surface area (Å²) in [7, 11) is 0.